The number of hydrogen-bond donors (Lipinski definition) is 2. The fraction of sp³-hybridized carbons (Fsp3) is 0.800. The second-order valence-corrected chi connectivity index (χ2v) is 7.02. The van der Waals surface area contributed by atoms with Crippen LogP contribution in [-0.4, -0.2) is 57.0 Å². The number of carbonyl (C=O) groups is 2. The number of carbonyl (C=O) groups excluding carboxylic acids is 2. The van der Waals surface area contributed by atoms with Crippen LogP contribution in [0.4, 0.5) is 0 Å². The molecule has 9 heteroatoms. The average Bonchev–Trinajstić information content (AvgIpc) is 2.74. The van der Waals surface area contributed by atoms with Crippen molar-refractivity contribution in [3.63, 3.8) is 0 Å². The summed E-state index contributed by atoms with van der Waals surface area (Å²) in [7, 11) is -4.24. The third-order valence-electron chi connectivity index (χ3n) is 2.66. The highest BCUT2D eigenvalue weighted by molar-refractivity contribution is 7.99. The van der Waals surface area contributed by atoms with Gasteiger partial charge in [-0.25, -0.2) is 4.79 Å². The Labute approximate surface area is 115 Å². The van der Waals surface area contributed by atoms with Crippen LogP contribution in [0.15, 0.2) is 0 Å². The Balaban J connectivity index is 2.69. The molecule has 1 saturated heterocycles. The van der Waals surface area contributed by atoms with Crippen molar-refractivity contribution in [3.8, 4) is 0 Å². The molecule has 0 radical (unpaired) electrons. The highest BCUT2D eigenvalue weighted by atomic mass is 32.2. The number of nitrogens with zero attached hydrogens (tertiary/aromatic N) is 1. The molecule has 0 saturated carbocycles. The van der Waals surface area contributed by atoms with Gasteiger partial charge < -0.3 is 19.4 Å². The van der Waals surface area contributed by atoms with Crippen LogP contribution in [0.1, 0.15) is 13.8 Å². The molecule has 1 aliphatic rings. The van der Waals surface area contributed by atoms with E-state index in [0.29, 0.717) is 11.6 Å². The fourth-order valence-electron chi connectivity index (χ4n) is 1.81. The van der Waals surface area contributed by atoms with Crippen LogP contribution in [0, 0.1) is 5.92 Å². The van der Waals surface area contributed by atoms with Gasteiger partial charge in [0.1, 0.15) is 6.04 Å². The average molecular weight is 311 g/mol. The van der Waals surface area contributed by atoms with Crippen LogP contribution in [0.25, 0.3) is 0 Å². The molecule has 110 valence electrons. The van der Waals surface area contributed by atoms with E-state index in [1.807, 2.05) is 0 Å². The van der Waals surface area contributed by atoms with E-state index in [9.17, 15) is 14.2 Å². The summed E-state index contributed by atoms with van der Waals surface area (Å²) in [6.45, 7) is 3.37. The molecule has 1 aliphatic heterocycles. The standard InChI is InChI=1S/C10H18NO6PS/c1-3-17-10(13)8-5-19-6-11(8)9(12)7(2)4-18(14,15)16/h7-8H,3-6H2,1-2H3,(H2,14,15,16). The molecular formula is C10H18NO6PS. The number of rotatable bonds is 5. The van der Waals surface area contributed by atoms with Gasteiger partial charge in [-0.1, -0.05) is 6.92 Å². The largest absolute Gasteiger partial charge is 0.464 e. The van der Waals surface area contributed by atoms with Crippen molar-refractivity contribution in [1.82, 2.24) is 4.90 Å². The predicted molar refractivity (Wildman–Crippen MR) is 70.7 cm³/mol. The SMILES string of the molecule is CCOC(=O)C1CSCN1C(=O)C(C)CP(=O)(O)O. The zero-order valence-electron chi connectivity index (χ0n) is 10.8. The minimum absolute atomic E-state index is 0.236. The molecule has 0 aliphatic carbocycles. The molecule has 0 aromatic carbocycles. The molecular weight excluding hydrogens is 293 g/mol. The lowest BCUT2D eigenvalue weighted by Gasteiger charge is -2.25. The van der Waals surface area contributed by atoms with Gasteiger partial charge in [0.2, 0.25) is 5.91 Å². The Morgan fingerprint density at radius 3 is 2.68 bits per heavy atom. The fourth-order valence-corrected chi connectivity index (χ4v) is 3.83. The number of ether oxygens (including phenoxy) is 1. The van der Waals surface area contributed by atoms with Gasteiger partial charge in [-0.3, -0.25) is 9.36 Å². The maximum atomic E-state index is 12.1. The van der Waals surface area contributed by atoms with Crippen molar-refractivity contribution in [2.24, 2.45) is 5.92 Å². The smallest absolute Gasteiger partial charge is 0.329 e. The molecule has 0 spiro atoms. The number of thioether (sulfide) groups is 1. The predicted octanol–water partition coefficient (Wildman–Crippen LogP) is 0.265. The summed E-state index contributed by atoms with van der Waals surface area (Å²) in [6, 6.07) is -0.656. The van der Waals surface area contributed by atoms with Crippen molar-refractivity contribution in [3.05, 3.63) is 0 Å². The number of hydrogen-bond acceptors (Lipinski definition) is 5. The first-order valence-electron chi connectivity index (χ1n) is 5.85. The van der Waals surface area contributed by atoms with Gasteiger partial charge in [-0.05, 0) is 6.92 Å². The van der Waals surface area contributed by atoms with Crippen LogP contribution >= 0.6 is 19.4 Å². The molecule has 0 bridgehead atoms. The molecule has 1 heterocycles. The summed E-state index contributed by atoms with van der Waals surface area (Å²) in [5.74, 6) is -0.923. The lowest BCUT2D eigenvalue weighted by atomic mass is 10.1. The first kappa shape index (κ1) is 16.5. The van der Waals surface area contributed by atoms with E-state index in [1.165, 1.54) is 23.6 Å². The molecule has 1 rings (SSSR count). The van der Waals surface area contributed by atoms with Crippen molar-refractivity contribution in [2.45, 2.75) is 19.9 Å². The van der Waals surface area contributed by atoms with Gasteiger partial charge in [-0.15, -0.1) is 11.8 Å². The Bertz CT molecular complexity index is 397. The van der Waals surface area contributed by atoms with E-state index >= 15 is 0 Å². The van der Waals surface area contributed by atoms with Crippen LogP contribution in [0.2, 0.25) is 0 Å². The van der Waals surface area contributed by atoms with E-state index in [4.69, 9.17) is 14.5 Å². The monoisotopic (exact) mass is 311 g/mol. The third-order valence-corrected chi connectivity index (χ3v) is 4.69. The van der Waals surface area contributed by atoms with Crippen molar-refractivity contribution >= 4 is 31.2 Å². The Kier molecular flexibility index (Phi) is 5.85. The molecule has 2 unspecified atom stereocenters. The van der Waals surface area contributed by atoms with Gasteiger partial charge in [0, 0.05) is 11.7 Å². The van der Waals surface area contributed by atoms with Crippen molar-refractivity contribution in [2.75, 3.05) is 24.4 Å². The van der Waals surface area contributed by atoms with E-state index in [0.717, 1.165) is 0 Å². The summed E-state index contributed by atoms with van der Waals surface area (Å²) < 4.78 is 15.8. The van der Waals surface area contributed by atoms with E-state index in [-0.39, 0.29) is 6.61 Å². The van der Waals surface area contributed by atoms with Crippen LogP contribution in [0.3, 0.4) is 0 Å². The molecule has 0 aromatic rings. The second kappa shape index (κ2) is 6.74. The van der Waals surface area contributed by atoms with E-state index < -0.39 is 37.6 Å². The third kappa shape index (κ3) is 4.80. The van der Waals surface area contributed by atoms with E-state index in [2.05, 4.69) is 0 Å². The van der Waals surface area contributed by atoms with Crippen LogP contribution in [-0.2, 0) is 18.9 Å². The minimum Gasteiger partial charge on any atom is -0.464 e. The first-order valence-corrected chi connectivity index (χ1v) is 8.81. The summed E-state index contributed by atoms with van der Waals surface area (Å²) in [5.41, 5.74) is 0. The van der Waals surface area contributed by atoms with Gasteiger partial charge >= 0.3 is 13.6 Å². The van der Waals surface area contributed by atoms with Gasteiger partial charge in [0.05, 0.1) is 18.6 Å². The molecule has 7 nitrogen and oxygen atoms in total. The Morgan fingerprint density at radius 2 is 2.16 bits per heavy atom. The Morgan fingerprint density at radius 1 is 1.53 bits per heavy atom. The topological polar surface area (TPSA) is 104 Å². The highest BCUT2D eigenvalue weighted by Crippen LogP contribution is 2.37. The summed E-state index contributed by atoms with van der Waals surface area (Å²) in [6.07, 6.45) is -0.511. The Hall–Kier alpha value is -0.560. The van der Waals surface area contributed by atoms with Crippen LogP contribution < -0.4 is 0 Å². The summed E-state index contributed by atoms with van der Waals surface area (Å²) in [4.78, 5) is 42.9. The molecule has 19 heavy (non-hydrogen) atoms. The maximum Gasteiger partial charge on any atom is 0.329 e. The van der Waals surface area contributed by atoms with Gasteiger partial charge in [-0.2, -0.15) is 0 Å². The lowest BCUT2D eigenvalue weighted by Crippen LogP contribution is -2.45. The minimum atomic E-state index is -4.24. The quantitative estimate of drug-likeness (QED) is 0.554. The molecule has 2 atom stereocenters. The first-order chi connectivity index (χ1) is 8.76. The van der Waals surface area contributed by atoms with Crippen LogP contribution in [0.5, 0.6) is 0 Å². The molecule has 2 N–H and O–H groups in total. The van der Waals surface area contributed by atoms with E-state index in [1.54, 1.807) is 6.92 Å². The number of esters is 1. The van der Waals surface area contributed by atoms with Crippen molar-refractivity contribution in [1.29, 1.82) is 0 Å². The second-order valence-electron chi connectivity index (χ2n) is 4.32. The lowest BCUT2D eigenvalue weighted by molar-refractivity contribution is -0.153. The van der Waals surface area contributed by atoms with Gasteiger partial charge in [0.25, 0.3) is 0 Å². The number of amides is 1. The van der Waals surface area contributed by atoms with Gasteiger partial charge in [0.15, 0.2) is 0 Å². The molecule has 1 amide bonds. The zero-order valence-corrected chi connectivity index (χ0v) is 12.5. The highest BCUT2D eigenvalue weighted by Gasteiger charge is 2.38. The molecule has 0 aromatic heterocycles. The van der Waals surface area contributed by atoms with Crippen molar-refractivity contribution < 1.29 is 28.7 Å². The zero-order chi connectivity index (χ0) is 14.6. The molecule has 1 fully saturated rings. The normalized spacial score (nSPS) is 21.3. The summed E-state index contributed by atoms with van der Waals surface area (Å²) >= 11 is 1.42. The summed E-state index contributed by atoms with van der Waals surface area (Å²) in [5, 5.41) is 0. The maximum absolute atomic E-state index is 12.1.